The second kappa shape index (κ2) is 9.91. The number of carbonyl (C=O) groups is 1. The highest BCUT2D eigenvalue weighted by atomic mass is 35.5. The molecule has 0 bridgehead atoms. The number of anilines is 1. The lowest BCUT2D eigenvalue weighted by atomic mass is 10.2. The van der Waals surface area contributed by atoms with Crippen molar-refractivity contribution in [3.63, 3.8) is 0 Å². The molecule has 0 aliphatic heterocycles. The average molecular weight is 492 g/mol. The zero-order chi connectivity index (χ0) is 22.7. The van der Waals surface area contributed by atoms with Gasteiger partial charge < -0.3 is 10.1 Å². The zero-order valence-electron chi connectivity index (χ0n) is 17.0. The summed E-state index contributed by atoms with van der Waals surface area (Å²) < 4.78 is 8.50. The number of halogens is 2. The molecule has 0 spiro atoms. The van der Waals surface area contributed by atoms with E-state index in [1.54, 1.807) is 40.3 Å². The van der Waals surface area contributed by atoms with Gasteiger partial charge in [-0.15, -0.1) is 10.2 Å². The molecule has 0 unspecified atom stereocenters. The van der Waals surface area contributed by atoms with Gasteiger partial charge in [-0.1, -0.05) is 47.1 Å². The number of thioether (sulfide) groups is 1. The van der Waals surface area contributed by atoms with Crippen molar-refractivity contribution in [3.8, 4) is 0 Å². The number of fused-ring (bicyclic) bond motifs is 3. The molecule has 32 heavy (non-hydrogen) atoms. The molecule has 0 atom stereocenters. The smallest absolute Gasteiger partial charge is 0.262 e. The van der Waals surface area contributed by atoms with E-state index >= 15 is 0 Å². The van der Waals surface area contributed by atoms with Crippen LogP contribution in [-0.2, 0) is 16.1 Å². The minimum absolute atomic E-state index is 0.0802. The Hall–Kier alpha value is -2.59. The second-order valence-corrected chi connectivity index (χ2v) is 8.69. The van der Waals surface area contributed by atoms with Gasteiger partial charge in [0.2, 0.25) is 11.7 Å². The lowest BCUT2D eigenvalue weighted by molar-refractivity contribution is -0.113. The molecule has 0 fully saturated rings. The topological polar surface area (TPSA) is 90.5 Å². The standard InChI is InChI=1S/C21H19Cl2N5O3S/c1-31-10-4-9-27-19(30)14-5-2-3-6-17(14)28-20(27)25-26-21(28)32-12-18(29)24-16-8-7-13(22)11-15(16)23/h2-3,5-8,11H,4,9-10,12H2,1H3,(H,24,29). The van der Waals surface area contributed by atoms with Gasteiger partial charge in [-0.2, -0.15) is 0 Å². The van der Waals surface area contributed by atoms with Crippen LogP contribution < -0.4 is 10.9 Å². The van der Waals surface area contributed by atoms with E-state index in [2.05, 4.69) is 15.5 Å². The number of ether oxygens (including phenoxy) is 1. The highest BCUT2D eigenvalue weighted by Crippen LogP contribution is 2.26. The molecule has 0 saturated carbocycles. The van der Waals surface area contributed by atoms with E-state index in [1.807, 2.05) is 18.2 Å². The molecule has 4 aromatic rings. The largest absolute Gasteiger partial charge is 0.385 e. The minimum atomic E-state index is -0.256. The van der Waals surface area contributed by atoms with Gasteiger partial charge in [0.05, 0.1) is 27.4 Å². The van der Waals surface area contributed by atoms with Crippen molar-refractivity contribution in [2.24, 2.45) is 0 Å². The number of para-hydroxylation sites is 1. The monoisotopic (exact) mass is 491 g/mol. The second-order valence-electron chi connectivity index (χ2n) is 6.90. The third kappa shape index (κ3) is 4.61. The first-order valence-corrected chi connectivity index (χ1v) is 11.5. The Morgan fingerprint density at radius 2 is 2.00 bits per heavy atom. The molecule has 1 N–H and O–H groups in total. The van der Waals surface area contributed by atoms with Gasteiger partial charge in [0, 0.05) is 25.3 Å². The van der Waals surface area contributed by atoms with Crippen LogP contribution in [0.25, 0.3) is 16.7 Å². The average Bonchev–Trinajstić information content (AvgIpc) is 3.20. The van der Waals surface area contributed by atoms with Crippen LogP contribution in [0.3, 0.4) is 0 Å². The van der Waals surface area contributed by atoms with Crippen LogP contribution in [0, 0.1) is 0 Å². The van der Waals surface area contributed by atoms with E-state index in [9.17, 15) is 9.59 Å². The zero-order valence-corrected chi connectivity index (χ0v) is 19.4. The lowest BCUT2D eigenvalue weighted by Crippen LogP contribution is -2.24. The number of aromatic nitrogens is 4. The molecule has 1 amide bonds. The summed E-state index contributed by atoms with van der Waals surface area (Å²) in [6.07, 6.45) is 0.657. The Morgan fingerprint density at radius 1 is 1.19 bits per heavy atom. The summed E-state index contributed by atoms with van der Waals surface area (Å²) in [4.78, 5) is 25.5. The molecular weight excluding hydrogens is 473 g/mol. The molecule has 0 saturated heterocycles. The van der Waals surface area contributed by atoms with Crippen LogP contribution in [0.2, 0.25) is 10.0 Å². The van der Waals surface area contributed by atoms with Gasteiger partial charge in [0.25, 0.3) is 5.56 Å². The fourth-order valence-electron chi connectivity index (χ4n) is 3.30. The van der Waals surface area contributed by atoms with E-state index in [0.717, 1.165) is 0 Å². The summed E-state index contributed by atoms with van der Waals surface area (Å²) in [6.45, 7) is 0.966. The van der Waals surface area contributed by atoms with Crippen molar-refractivity contribution >= 4 is 63.2 Å². The number of hydrogen-bond donors (Lipinski definition) is 1. The highest BCUT2D eigenvalue weighted by molar-refractivity contribution is 7.99. The molecule has 0 radical (unpaired) electrons. The first kappa shape index (κ1) is 22.6. The van der Waals surface area contributed by atoms with E-state index in [-0.39, 0.29) is 17.2 Å². The van der Waals surface area contributed by atoms with E-state index in [1.165, 1.54) is 11.8 Å². The lowest BCUT2D eigenvalue weighted by Gasteiger charge is -2.11. The number of rotatable bonds is 8. The molecule has 11 heteroatoms. The van der Waals surface area contributed by atoms with Gasteiger partial charge in [0.15, 0.2) is 5.16 Å². The van der Waals surface area contributed by atoms with Crippen molar-refractivity contribution in [3.05, 3.63) is 62.9 Å². The van der Waals surface area contributed by atoms with Crippen LogP contribution >= 0.6 is 35.0 Å². The number of hydrogen-bond acceptors (Lipinski definition) is 6. The first-order chi connectivity index (χ1) is 15.5. The molecule has 2 heterocycles. The summed E-state index contributed by atoms with van der Waals surface area (Å²) in [5.41, 5.74) is 1.03. The van der Waals surface area contributed by atoms with Crippen LogP contribution in [0.1, 0.15) is 6.42 Å². The molecule has 2 aromatic heterocycles. The van der Waals surface area contributed by atoms with Crippen molar-refractivity contribution in [2.75, 3.05) is 24.8 Å². The van der Waals surface area contributed by atoms with Crippen LogP contribution in [0.15, 0.2) is 52.4 Å². The number of amides is 1. The predicted octanol–water partition coefficient (Wildman–Crippen LogP) is 4.12. The Labute approximate surface area is 197 Å². The van der Waals surface area contributed by atoms with Gasteiger partial charge in [0.1, 0.15) is 0 Å². The number of methoxy groups -OCH3 is 1. The first-order valence-electron chi connectivity index (χ1n) is 9.73. The van der Waals surface area contributed by atoms with Crippen molar-refractivity contribution in [2.45, 2.75) is 18.1 Å². The van der Waals surface area contributed by atoms with Crippen LogP contribution in [0.5, 0.6) is 0 Å². The minimum Gasteiger partial charge on any atom is -0.385 e. The normalized spacial score (nSPS) is 11.3. The summed E-state index contributed by atoms with van der Waals surface area (Å²) in [5, 5.41) is 13.2. The van der Waals surface area contributed by atoms with E-state index in [4.69, 9.17) is 27.9 Å². The number of nitrogens with zero attached hydrogens (tertiary/aromatic N) is 4. The summed E-state index contributed by atoms with van der Waals surface area (Å²) in [6, 6.07) is 12.1. The fraction of sp³-hybridized carbons (Fsp3) is 0.238. The summed E-state index contributed by atoms with van der Waals surface area (Å²) >= 11 is 13.2. The molecule has 4 rings (SSSR count). The SMILES string of the molecule is COCCCn1c(=O)c2ccccc2n2c(SCC(=O)Nc3ccc(Cl)cc3Cl)nnc12. The third-order valence-corrected chi connectivity index (χ3v) is 6.22. The highest BCUT2D eigenvalue weighted by Gasteiger charge is 2.17. The quantitative estimate of drug-likeness (QED) is 0.294. The molecule has 8 nitrogen and oxygen atoms in total. The maximum Gasteiger partial charge on any atom is 0.262 e. The Kier molecular flexibility index (Phi) is 7.00. The van der Waals surface area contributed by atoms with Gasteiger partial charge in [-0.3, -0.25) is 18.6 Å². The Morgan fingerprint density at radius 3 is 2.78 bits per heavy atom. The fourth-order valence-corrected chi connectivity index (χ4v) is 4.50. The number of carbonyl (C=O) groups excluding carboxylic acids is 1. The Bertz CT molecular complexity index is 1350. The maximum absolute atomic E-state index is 13.0. The third-order valence-electron chi connectivity index (χ3n) is 4.75. The van der Waals surface area contributed by atoms with Crippen molar-refractivity contribution in [1.82, 2.24) is 19.2 Å². The summed E-state index contributed by atoms with van der Waals surface area (Å²) in [5.74, 6) is 0.249. The van der Waals surface area contributed by atoms with E-state index in [0.29, 0.717) is 57.1 Å². The van der Waals surface area contributed by atoms with Crippen LogP contribution in [-0.4, -0.2) is 44.5 Å². The summed E-state index contributed by atoms with van der Waals surface area (Å²) in [7, 11) is 1.62. The van der Waals surface area contributed by atoms with Crippen LogP contribution in [0.4, 0.5) is 5.69 Å². The van der Waals surface area contributed by atoms with Gasteiger partial charge in [-0.05, 0) is 36.8 Å². The van der Waals surface area contributed by atoms with Crippen molar-refractivity contribution in [1.29, 1.82) is 0 Å². The van der Waals surface area contributed by atoms with E-state index < -0.39 is 0 Å². The number of aryl methyl sites for hydroxylation is 1. The molecule has 0 aliphatic carbocycles. The molecule has 2 aromatic carbocycles. The Balaban J connectivity index is 1.63. The molecular formula is C21H19Cl2N5O3S. The molecule has 166 valence electrons. The maximum atomic E-state index is 13.0. The van der Waals surface area contributed by atoms with Gasteiger partial charge in [-0.25, -0.2) is 0 Å². The van der Waals surface area contributed by atoms with Crippen molar-refractivity contribution < 1.29 is 9.53 Å². The predicted molar refractivity (Wildman–Crippen MR) is 127 cm³/mol. The van der Waals surface area contributed by atoms with Gasteiger partial charge >= 0.3 is 0 Å². The molecule has 0 aliphatic rings. The number of benzene rings is 2. The number of nitrogens with one attached hydrogen (secondary N) is 1.